The van der Waals surface area contributed by atoms with Crippen LogP contribution in [0, 0.1) is 6.92 Å². The van der Waals surface area contributed by atoms with Gasteiger partial charge in [-0.3, -0.25) is 9.78 Å². The summed E-state index contributed by atoms with van der Waals surface area (Å²) in [4.78, 5) is 30.4. The van der Waals surface area contributed by atoms with E-state index < -0.39 is 5.76 Å². The van der Waals surface area contributed by atoms with Gasteiger partial charge in [-0.15, -0.1) is 0 Å². The van der Waals surface area contributed by atoms with E-state index in [9.17, 15) is 9.59 Å². The minimum absolute atomic E-state index is 0.00941. The van der Waals surface area contributed by atoms with E-state index in [1.807, 2.05) is 48.2 Å². The number of aromatic amines is 1. The van der Waals surface area contributed by atoms with Crippen LogP contribution in [0.15, 0.2) is 51.7 Å². The summed E-state index contributed by atoms with van der Waals surface area (Å²) in [5.74, 6) is 0.242. The van der Waals surface area contributed by atoms with Crippen LogP contribution in [-0.2, 0) is 4.79 Å². The Morgan fingerprint density at radius 3 is 2.59 bits per heavy atom. The molecule has 2 aromatic carbocycles. The average molecular weight is 367 g/mol. The summed E-state index contributed by atoms with van der Waals surface area (Å²) in [5.41, 5.74) is 3.39. The van der Waals surface area contributed by atoms with Crippen molar-refractivity contribution in [3.63, 3.8) is 0 Å². The molecule has 7 nitrogen and oxygen atoms in total. The van der Waals surface area contributed by atoms with Crippen molar-refractivity contribution >= 4 is 22.7 Å². The normalized spacial score (nSPS) is 14.6. The lowest BCUT2D eigenvalue weighted by Crippen LogP contribution is -2.50. The maximum Gasteiger partial charge on any atom is 0.417 e. The lowest BCUT2D eigenvalue weighted by atomic mass is 10.2. The fraction of sp³-hybridized carbons (Fsp3) is 0.300. The van der Waals surface area contributed by atoms with Gasteiger partial charge in [-0.1, -0.05) is 17.7 Å². The summed E-state index contributed by atoms with van der Waals surface area (Å²) in [5, 5.41) is 0. The van der Waals surface area contributed by atoms with Crippen LogP contribution in [0.3, 0.4) is 0 Å². The van der Waals surface area contributed by atoms with Gasteiger partial charge in [0.15, 0.2) is 12.2 Å². The molecule has 0 bridgehead atoms. The number of piperazine rings is 1. The van der Waals surface area contributed by atoms with Crippen LogP contribution in [0.5, 0.6) is 5.75 Å². The Morgan fingerprint density at radius 1 is 1.11 bits per heavy atom. The van der Waals surface area contributed by atoms with Gasteiger partial charge in [-0.05, 0) is 37.3 Å². The first-order valence-electron chi connectivity index (χ1n) is 8.93. The predicted octanol–water partition coefficient (Wildman–Crippen LogP) is 2.16. The molecule has 1 aliphatic heterocycles. The average Bonchev–Trinajstić information content (AvgIpc) is 3.06. The van der Waals surface area contributed by atoms with E-state index in [1.165, 1.54) is 0 Å². The van der Waals surface area contributed by atoms with Gasteiger partial charge in [-0.25, -0.2) is 4.79 Å². The number of amides is 1. The number of hydrogen-bond donors (Lipinski definition) is 1. The molecular weight excluding hydrogens is 346 g/mol. The third-order valence-corrected chi connectivity index (χ3v) is 4.78. The van der Waals surface area contributed by atoms with Crippen LogP contribution in [-0.4, -0.2) is 48.6 Å². The first kappa shape index (κ1) is 17.2. The molecule has 0 aliphatic carbocycles. The fourth-order valence-electron chi connectivity index (χ4n) is 3.22. The molecule has 0 atom stereocenters. The molecule has 1 N–H and O–H groups in total. The monoisotopic (exact) mass is 367 g/mol. The second kappa shape index (κ2) is 7.19. The summed E-state index contributed by atoms with van der Waals surface area (Å²) < 4.78 is 10.6. The summed E-state index contributed by atoms with van der Waals surface area (Å²) in [6, 6.07) is 13.3. The second-order valence-corrected chi connectivity index (χ2v) is 6.66. The number of nitrogens with zero attached hydrogens (tertiary/aromatic N) is 2. The van der Waals surface area contributed by atoms with Crippen molar-refractivity contribution in [1.29, 1.82) is 0 Å². The van der Waals surface area contributed by atoms with Crippen molar-refractivity contribution in [2.24, 2.45) is 0 Å². The highest BCUT2D eigenvalue weighted by Crippen LogP contribution is 2.21. The molecule has 2 heterocycles. The van der Waals surface area contributed by atoms with Crippen LogP contribution in [0.1, 0.15) is 5.56 Å². The van der Waals surface area contributed by atoms with E-state index in [4.69, 9.17) is 9.15 Å². The lowest BCUT2D eigenvalue weighted by molar-refractivity contribution is -0.133. The highest BCUT2D eigenvalue weighted by atomic mass is 16.5. The predicted molar refractivity (Wildman–Crippen MR) is 102 cm³/mol. The molecule has 4 rings (SSSR count). The van der Waals surface area contributed by atoms with Gasteiger partial charge in [0, 0.05) is 31.9 Å². The topological polar surface area (TPSA) is 78.8 Å². The van der Waals surface area contributed by atoms with Gasteiger partial charge >= 0.3 is 5.76 Å². The first-order chi connectivity index (χ1) is 13.1. The van der Waals surface area contributed by atoms with Gasteiger partial charge in [0.2, 0.25) is 0 Å². The molecule has 0 spiro atoms. The van der Waals surface area contributed by atoms with Gasteiger partial charge in [-0.2, -0.15) is 0 Å². The third kappa shape index (κ3) is 3.81. The number of rotatable bonds is 4. The van der Waals surface area contributed by atoms with Crippen LogP contribution in [0.2, 0.25) is 0 Å². The van der Waals surface area contributed by atoms with Crippen molar-refractivity contribution in [2.45, 2.75) is 6.92 Å². The molecule has 1 saturated heterocycles. The number of aryl methyl sites for hydroxylation is 1. The van der Waals surface area contributed by atoms with E-state index in [-0.39, 0.29) is 12.5 Å². The van der Waals surface area contributed by atoms with Crippen molar-refractivity contribution in [2.75, 3.05) is 37.7 Å². The number of aromatic nitrogens is 1. The Labute approximate surface area is 156 Å². The lowest BCUT2D eigenvalue weighted by Gasteiger charge is -2.36. The van der Waals surface area contributed by atoms with E-state index in [1.54, 1.807) is 6.07 Å². The minimum atomic E-state index is -0.453. The maximum atomic E-state index is 12.4. The molecule has 1 amide bonds. The van der Waals surface area contributed by atoms with Crippen molar-refractivity contribution < 1.29 is 13.9 Å². The summed E-state index contributed by atoms with van der Waals surface area (Å²) in [7, 11) is 0. The Kier molecular flexibility index (Phi) is 4.58. The number of H-pyrrole nitrogens is 1. The van der Waals surface area contributed by atoms with Gasteiger partial charge in [0.05, 0.1) is 5.52 Å². The van der Waals surface area contributed by atoms with Crippen molar-refractivity contribution in [3.8, 4) is 5.75 Å². The minimum Gasteiger partial charge on any atom is -0.484 e. The van der Waals surface area contributed by atoms with Gasteiger partial charge in [0.25, 0.3) is 5.91 Å². The standard InChI is InChI=1S/C20H21N3O4/c1-14-2-5-16(6-3-14)26-13-19(24)23-10-8-22(9-11-23)15-4-7-18-17(12-15)21-20(25)27-18/h2-7,12H,8-11,13H2,1H3,(H,21,25). The summed E-state index contributed by atoms with van der Waals surface area (Å²) in [6.45, 7) is 4.78. The number of hydrogen-bond acceptors (Lipinski definition) is 5. The van der Waals surface area contributed by atoms with Gasteiger partial charge in [0.1, 0.15) is 5.75 Å². The third-order valence-electron chi connectivity index (χ3n) is 4.78. The fourth-order valence-corrected chi connectivity index (χ4v) is 3.22. The highest BCUT2D eigenvalue weighted by Gasteiger charge is 2.22. The number of carbonyl (C=O) groups excluding carboxylic acids is 1. The van der Waals surface area contributed by atoms with Crippen LogP contribution < -0.4 is 15.4 Å². The number of anilines is 1. The van der Waals surface area contributed by atoms with E-state index >= 15 is 0 Å². The number of fused-ring (bicyclic) bond motifs is 1. The number of oxazole rings is 1. The molecule has 140 valence electrons. The summed E-state index contributed by atoms with van der Waals surface area (Å²) in [6.07, 6.45) is 0. The molecule has 7 heteroatoms. The van der Waals surface area contributed by atoms with Crippen LogP contribution in [0.4, 0.5) is 5.69 Å². The van der Waals surface area contributed by atoms with E-state index in [0.29, 0.717) is 29.9 Å². The zero-order chi connectivity index (χ0) is 18.8. The number of ether oxygens (including phenoxy) is 1. The maximum absolute atomic E-state index is 12.4. The molecule has 27 heavy (non-hydrogen) atoms. The Balaban J connectivity index is 1.32. The summed E-state index contributed by atoms with van der Waals surface area (Å²) >= 11 is 0. The molecule has 0 saturated carbocycles. The SMILES string of the molecule is Cc1ccc(OCC(=O)N2CCN(c3ccc4oc(=O)[nH]c4c3)CC2)cc1. The number of benzene rings is 2. The Morgan fingerprint density at radius 2 is 1.85 bits per heavy atom. The molecule has 1 aliphatic rings. The second-order valence-electron chi connectivity index (χ2n) is 6.66. The molecule has 1 fully saturated rings. The molecular formula is C20H21N3O4. The van der Waals surface area contributed by atoms with Crippen LogP contribution in [0.25, 0.3) is 11.1 Å². The Bertz CT molecular complexity index is 998. The van der Waals surface area contributed by atoms with Gasteiger partial charge < -0.3 is 19.0 Å². The number of nitrogens with one attached hydrogen (secondary N) is 1. The zero-order valence-electron chi connectivity index (χ0n) is 15.1. The van der Waals surface area contributed by atoms with Crippen molar-refractivity contribution in [3.05, 3.63) is 58.6 Å². The molecule has 0 unspecified atom stereocenters. The molecule has 1 aromatic heterocycles. The molecule has 3 aromatic rings. The quantitative estimate of drug-likeness (QED) is 0.764. The smallest absolute Gasteiger partial charge is 0.417 e. The molecule has 0 radical (unpaired) electrons. The van der Waals surface area contributed by atoms with Crippen molar-refractivity contribution in [1.82, 2.24) is 9.88 Å². The van der Waals surface area contributed by atoms with E-state index in [2.05, 4.69) is 9.88 Å². The first-order valence-corrected chi connectivity index (χ1v) is 8.93. The number of carbonyl (C=O) groups is 1. The largest absolute Gasteiger partial charge is 0.484 e. The zero-order valence-corrected chi connectivity index (χ0v) is 15.1. The van der Waals surface area contributed by atoms with E-state index in [0.717, 1.165) is 24.3 Å². The van der Waals surface area contributed by atoms with Crippen LogP contribution >= 0.6 is 0 Å². The highest BCUT2D eigenvalue weighted by molar-refractivity contribution is 5.79. The Hall–Kier alpha value is -3.22.